The lowest BCUT2D eigenvalue weighted by Crippen LogP contribution is -2.39. The van der Waals surface area contributed by atoms with Gasteiger partial charge in [0.1, 0.15) is 4.90 Å². The standard InChI is InChI=1S/C15H23N5O3S/c1-3-4-20-10-12(7-17-20)9-19-5-6-23-11-13(19)15-14(8-16-18-15)24(2,21)22/h7-8,10,13H,3-6,9,11H2,1-2H3,(H,16,18). The van der Waals surface area contributed by atoms with Gasteiger partial charge in [-0.15, -0.1) is 0 Å². The lowest BCUT2D eigenvalue weighted by Gasteiger charge is -2.35. The second kappa shape index (κ2) is 7.04. The van der Waals surface area contributed by atoms with Gasteiger partial charge in [0, 0.05) is 37.7 Å². The summed E-state index contributed by atoms with van der Waals surface area (Å²) in [7, 11) is -3.33. The molecule has 1 unspecified atom stereocenters. The Morgan fingerprint density at radius 3 is 3.00 bits per heavy atom. The van der Waals surface area contributed by atoms with Crippen molar-refractivity contribution < 1.29 is 13.2 Å². The molecule has 2 aromatic rings. The van der Waals surface area contributed by atoms with Crippen molar-refractivity contribution >= 4 is 9.84 Å². The molecule has 0 saturated carbocycles. The highest BCUT2D eigenvalue weighted by Gasteiger charge is 2.30. The number of H-pyrrole nitrogens is 1. The van der Waals surface area contributed by atoms with E-state index >= 15 is 0 Å². The van der Waals surface area contributed by atoms with Crippen LogP contribution in [0.2, 0.25) is 0 Å². The Hall–Kier alpha value is -1.71. The molecule has 2 aromatic heterocycles. The van der Waals surface area contributed by atoms with E-state index in [1.165, 1.54) is 12.5 Å². The summed E-state index contributed by atoms with van der Waals surface area (Å²) in [6, 6.07) is -0.166. The lowest BCUT2D eigenvalue weighted by molar-refractivity contribution is -0.0152. The van der Waals surface area contributed by atoms with Gasteiger partial charge in [-0.2, -0.15) is 10.2 Å². The molecule has 132 valence electrons. The van der Waals surface area contributed by atoms with Gasteiger partial charge in [-0.1, -0.05) is 6.92 Å². The fourth-order valence-corrected chi connectivity index (χ4v) is 3.81. The third-order valence-corrected chi connectivity index (χ3v) is 5.25. The van der Waals surface area contributed by atoms with Gasteiger partial charge < -0.3 is 4.74 Å². The zero-order chi connectivity index (χ0) is 17.2. The molecule has 0 bridgehead atoms. The summed E-state index contributed by atoms with van der Waals surface area (Å²) in [6.45, 7) is 5.50. The van der Waals surface area contributed by atoms with Crippen LogP contribution in [0, 0.1) is 0 Å². The average Bonchev–Trinajstić information content (AvgIpc) is 3.17. The summed E-state index contributed by atoms with van der Waals surface area (Å²) in [5, 5.41) is 11.1. The van der Waals surface area contributed by atoms with E-state index in [2.05, 4.69) is 27.1 Å². The molecule has 1 saturated heterocycles. The Morgan fingerprint density at radius 2 is 2.25 bits per heavy atom. The van der Waals surface area contributed by atoms with Gasteiger partial charge in [-0.05, 0) is 6.42 Å². The van der Waals surface area contributed by atoms with E-state index in [1.54, 1.807) is 0 Å². The van der Waals surface area contributed by atoms with Crippen molar-refractivity contribution in [3.05, 3.63) is 29.8 Å². The maximum absolute atomic E-state index is 12.0. The summed E-state index contributed by atoms with van der Waals surface area (Å²) in [6.07, 6.45) is 7.52. The molecule has 1 N–H and O–H groups in total. The molecule has 0 radical (unpaired) electrons. The Kier molecular flexibility index (Phi) is 5.02. The highest BCUT2D eigenvalue weighted by atomic mass is 32.2. The number of ether oxygens (including phenoxy) is 1. The van der Waals surface area contributed by atoms with Gasteiger partial charge >= 0.3 is 0 Å². The van der Waals surface area contributed by atoms with Gasteiger partial charge in [-0.3, -0.25) is 14.7 Å². The summed E-state index contributed by atoms with van der Waals surface area (Å²) >= 11 is 0. The van der Waals surface area contributed by atoms with Crippen LogP contribution in [-0.4, -0.2) is 59.3 Å². The molecule has 1 fully saturated rings. The third-order valence-electron chi connectivity index (χ3n) is 4.13. The molecule has 24 heavy (non-hydrogen) atoms. The van der Waals surface area contributed by atoms with Gasteiger partial charge in [0.05, 0.1) is 37.3 Å². The minimum Gasteiger partial charge on any atom is -0.378 e. The SMILES string of the molecule is CCCn1cc(CN2CCOCC2c2[nH]ncc2S(C)(=O)=O)cn1. The highest BCUT2D eigenvalue weighted by molar-refractivity contribution is 7.90. The van der Waals surface area contributed by atoms with Crippen LogP contribution < -0.4 is 0 Å². The van der Waals surface area contributed by atoms with Crippen LogP contribution in [0.3, 0.4) is 0 Å². The highest BCUT2D eigenvalue weighted by Crippen LogP contribution is 2.29. The Labute approximate surface area is 141 Å². The van der Waals surface area contributed by atoms with Crippen LogP contribution in [0.15, 0.2) is 23.5 Å². The molecule has 1 aliphatic heterocycles. The number of hydrogen-bond donors (Lipinski definition) is 1. The maximum Gasteiger partial charge on any atom is 0.178 e. The first-order valence-corrected chi connectivity index (χ1v) is 9.94. The van der Waals surface area contributed by atoms with Crippen molar-refractivity contribution in [2.45, 2.75) is 37.4 Å². The van der Waals surface area contributed by atoms with E-state index in [4.69, 9.17) is 4.74 Å². The van der Waals surface area contributed by atoms with Crippen LogP contribution in [0.5, 0.6) is 0 Å². The first kappa shape index (κ1) is 17.1. The molecule has 1 atom stereocenters. The summed E-state index contributed by atoms with van der Waals surface area (Å²) < 4.78 is 31.4. The number of aromatic amines is 1. The maximum atomic E-state index is 12.0. The van der Waals surface area contributed by atoms with E-state index in [1.807, 2.05) is 17.1 Å². The predicted molar refractivity (Wildman–Crippen MR) is 88.2 cm³/mol. The lowest BCUT2D eigenvalue weighted by atomic mass is 10.1. The molecular weight excluding hydrogens is 330 g/mol. The predicted octanol–water partition coefficient (Wildman–Crippen LogP) is 0.993. The zero-order valence-corrected chi connectivity index (χ0v) is 14.8. The third kappa shape index (κ3) is 3.68. The van der Waals surface area contributed by atoms with Gasteiger partial charge in [0.25, 0.3) is 0 Å². The number of sulfone groups is 1. The molecule has 3 heterocycles. The molecule has 0 aliphatic carbocycles. The monoisotopic (exact) mass is 353 g/mol. The summed E-state index contributed by atoms with van der Waals surface area (Å²) in [4.78, 5) is 2.45. The molecule has 0 amide bonds. The fourth-order valence-electron chi connectivity index (χ4n) is 2.99. The molecule has 9 heteroatoms. The van der Waals surface area contributed by atoms with E-state index < -0.39 is 9.84 Å². The minimum absolute atomic E-state index is 0.166. The van der Waals surface area contributed by atoms with Gasteiger partial charge in [0.15, 0.2) is 9.84 Å². The smallest absolute Gasteiger partial charge is 0.178 e. The number of aryl methyl sites for hydroxylation is 1. The molecule has 0 spiro atoms. The number of morpholine rings is 1. The fraction of sp³-hybridized carbons (Fsp3) is 0.600. The van der Waals surface area contributed by atoms with Crippen LogP contribution in [0.1, 0.15) is 30.6 Å². The van der Waals surface area contributed by atoms with Crippen molar-refractivity contribution in [2.24, 2.45) is 0 Å². The van der Waals surface area contributed by atoms with Crippen LogP contribution in [0.4, 0.5) is 0 Å². The number of aromatic nitrogens is 4. The topological polar surface area (TPSA) is 93.1 Å². The summed E-state index contributed by atoms with van der Waals surface area (Å²) in [5.41, 5.74) is 1.70. The second-order valence-corrected chi connectivity index (χ2v) is 8.08. The Balaban J connectivity index is 1.82. The van der Waals surface area contributed by atoms with Crippen molar-refractivity contribution in [3.63, 3.8) is 0 Å². The molecule has 8 nitrogen and oxygen atoms in total. The quantitative estimate of drug-likeness (QED) is 0.832. The van der Waals surface area contributed by atoms with Crippen LogP contribution >= 0.6 is 0 Å². The first-order valence-electron chi connectivity index (χ1n) is 8.05. The number of rotatable bonds is 6. The van der Waals surface area contributed by atoms with Crippen molar-refractivity contribution in [3.8, 4) is 0 Å². The molecule has 3 rings (SSSR count). The van der Waals surface area contributed by atoms with Crippen molar-refractivity contribution in [2.75, 3.05) is 26.0 Å². The van der Waals surface area contributed by atoms with E-state index in [-0.39, 0.29) is 10.9 Å². The van der Waals surface area contributed by atoms with Crippen molar-refractivity contribution in [1.82, 2.24) is 24.9 Å². The van der Waals surface area contributed by atoms with Gasteiger partial charge in [0.2, 0.25) is 0 Å². The van der Waals surface area contributed by atoms with Gasteiger partial charge in [-0.25, -0.2) is 8.42 Å². The van der Waals surface area contributed by atoms with Crippen LogP contribution in [-0.2, 0) is 27.7 Å². The molecular formula is C15H23N5O3S. The van der Waals surface area contributed by atoms with Crippen molar-refractivity contribution in [1.29, 1.82) is 0 Å². The zero-order valence-electron chi connectivity index (χ0n) is 14.0. The number of hydrogen-bond acceptors (Lipinski definition) is 6. The van der Waals surface area contributed by atoms with E-state index in [0.717, 1.165) is 25.1 Å². The largest absolute Gasteiger partial charge is 0.378 e. The Bertz CT molecular complexity index is 783. The van der Waals surface area contributed by atoms with Crippen LogP contribution in [0.25, 0.3) is 0 Å². The normalized spacial score (nSPS) is 19.7. The number of nitrogens with zero attached hydrogens (tertiary/aromatic N) is 4. The summed E-state index contributed by atoms with van der Waals surface area (Å²) in [5.74, 6) is 0. The molecule has 0 aromatic carbocycles. The van der Waals surface area contributed by atoms with E-state index in [0.29, 0.717) is 25.5 Å². The average molecular weight is 353 g/mol. The number of nitrogens with one attached hydrogen (secondary N) is 1. The van der Waals surface area contributed by atoms with E-state index in [9.17, 15) is 8.42 Å². The Morgan fingerprint density at radius 1 is 1.42 bits per heavy atom. The minimum atomic E-state index is -3.33. The molecule has 1 aliphatic rings. The first-order chi connectivity index (χ1) is 11.5. The second-order valence-electron chi connectivity index (χ2n) is 6.09.